The lowest BCUT2D eigenvalue weighted by Crippen LogP contribution is -2.12. The molecule has 0 fully saturated rings. The van der Waals surface area contributed by atoms with Crippen molar-refractivity contribution in [1.29, 1.82) is 0 Å². The van der Waals surface area contributed by atoms with Crippen LogP contribution in [0.25, 0.3) is 11.1 Å². The number of primary amides is 1. The molecule has 0 unspecified atom stereocenters. The predicted octanol–water partition coefficient (Wildman–Crippen LogP) is 4.41. The summed E-state index contributed by atoms with van der Waals surface area (Å²) in [6.07, 6.45) is -0.467. The number of amides is 1. The molecule has 0 aliphatic carbocycles. The van der Waals surface area contributed by atoms with E-state index < -0.39 is 29.5 Å². The van der Waals surface area contributed by atoms with Gasteiger partial charge >= 0.3 is 0 Å². The molecular weight excluding hydrogens is 355 g/mol. The van der Waals surface area contributed by atoms with E-state index in [1.165, 1.54) is 18.2 Å². The van der Waals surface area contributed by atoms with Gasteiger partial charge in [0, 0.05) is 23.3 Å². The Morgan fingerprint density at radius 1 is 0.815 bits per heavy atom. The van der Waals surface area contributed by atoms with E-state index in [1.807, 2.05) is 0 Å². The summed E-state index contributed by atoms with van der Waals surface area (Å²) in [5.41, 5.74) is 7.99. The van der Waals surface area contributed by atoms with Gasteiger partial charge in [0.2, 0.25) is 5.91 Å². The zero-order chi connectivity index (χ0) is 19.1. The Balaban J connectivity index is 1.66. The summed E-state index contributed by atoms with van der Waals surface area (Å²) in [6.45, 7) is 0. The molecule has 3 aromatic rings. The number of hydrogen-bond donors (Lipinski definition) is 3. The quantitative estimate of drug-likeness (QED) is 0.641. The maximum absolute atomic E-state index is 14.3. The van der Waals surface area contributed by atoms with Crippen LogP contribution in [0.5, 0.6) is 0 Å². The van der Waals surface area contributed by atoms with Crippen molar-refractivity contribution < 1.29 is 18.0 Å². The Bertz CT molecular complexity index is 1020. The SMILES string of the molecule is NC(=O)c1ccc(-c2cc(C3Nc4cc(F)c(F)cc4N3)ccc2F)cc1. The van der Waals surface area contributed by atoms with Crippen LogP contribution in [0.15, 0.2) is 54.6 Å². The van der Waals surface area contributed by atoms with E-state index >= 15 is 0 Å². The minimum Gasteiger partial charge on any atom is -0.366 e. The number of benzene rings is 3. The zero-order valence-electron chi connectivity index (χ0n) is 13.9. The van der Waals surface area contributed by atoms with Crippen molar-refractivity contribution in [2.24, 2.45) is 5.73 Å². The molecule has 0 aromatic heterocycles. The average molecular weight is 369 g/mol. The molecule has 3 aromatic carbocycles. The van der Waals surface area contributed by atoms with Gasteiger partial charge in [0.25, 0.3) is 0 Å². The first-order chi connectivity index (χ1) is 12.9. The maximum atomic E-state index is 14.3. The molecule has 0 saturated heterocycles. The molecule has 0 bridgehead atoms. The van der Waals surface area contributed by atoms with E-state index in [0.29, 0.717) is 33.6 Å². The molecular formula is C20H14F3N3O. The molecule has 4 N–H and O–H groups in total. The van der Waals surface area contributed by atoms with Gasteiger partial charge in [-0.05, 0) is 35.4 Å². The molecule has 0 saturated carbocycles. The molecule has 136 valence electrons. The lowest BCUT2D eigenvalue weighted by atomic mass is 10.00. The highest BCUT2D eigenvalue weighted by atomic mass is 19.2. The average Bonchev–Trinajstić information content (AvgIpc) is 3.05. The monoisotopic (exact) mass is 369 g/mol. The van der Waals surface area contributed by atoms with Crippen molar-refractivity contribution >= 4 is 17.3 Å². The zero-order valence-corrected chi connectivity index (χ0v) is 13.9. The largest absolute Gasteiger partial charge is 0.366 e. The second kappa shape index (κ2) is 6.35. The van der Waals surface area contributed by atoms with Gasteiger partial charge in [-0.25, -0.2) is 13.2 Å². The Morgan fingerprint density at radius 3 is 1.96 bits per heavy atom. The number of nitrogens with two attached hydrogens (primary N) is 1. The first-order valence-corrected chi connectivity index (χ1v) is 8.14. The summed E-state index contributed by atoms with van der Waals surface area (Å²) in [5, 5.41) is 6.08. The maximum Gasteiger partial charge on any atom is 0.248 e. The molecule has 27 heavy (non-hydrogen) atoms. The number of halogens is 3. The molecule has 1 aliphatic heterocycles. The van der Waals surface area contributed by atoms with Gasteiger partial charge in [0.05, 0.1) is 11.4 Å². The van der Waals surface area contributed by atoms with Crippen LogP contribution in [0.2, 0.25) is 0 Å². The first-order valence-electron chi connectivity index (χ1n) is 8.14. The summed E-state index contributed by atoms with van der Waals surface area (Å²) in [7, 11) is 0. The summed E-state index contributed by atoms with van der Waals surface area (Å²) in [4.78, 5) is 11.2. The number of carbonyl (C=O) groups excluding carboxylic acids is 1. The standard InChI is InChI=1S/C20H14F3N3O/c21-14-6-5-12(7-13(14)10-1-3-11(4-2-10)19(24)27)20-25-17-8-15(22)16(23)9-18(17)26-20/h1-9,20,25-26H,(H2,24,27). The molecule has 1 aliphatic rings. The van der Waals surface area contributed by atoms with Crippen molar-refractivity contribution in [2.45, 2.75) is 6.17 Å². The van der Waals surface area contributed by atoms with Crippen molar-refractivity contribution in [1.82, 2.24) is 0 Å². The van der Waals surface area contributed by atoms with E-state index in [-0.39, 0.29) is 0 Å². The number of hydrogen-bond acceptors (Lipinski definition) is 3. The molecule has 4 rings (SSSR count). The van der Waals surface area contributed by atoms with Crippen LogP contribution < -0.4 is 16.4 Å². The highest BCUT2D eigenvalue weighted by Gasteiger charge is 2.24. The van der Waals surface area contributed by atoms with E-state index in [0.717, 1.165) is 12.1 Å². The normalized spacial score (nSPS) is 13.0. The minimum atomic E-state index is -0.946. The van der Waals surface area contributed by atoms with Gasteiger partial charge < -0.3 is 16.4 Å². The smallest absolute Gasteiger partial charge is 0.248 e. The fourth-order valence-electron chi connectivity index (χ4n) is 3.06. The third-order valence-corrected chi connectivity index (χ3v) is 4.46. The Kier molecular flexibility index (Phi) is 3.99. The molecule has 1 heterocycles. The van der Waals surface area contributed by atoms with Gasteiger partial charge in [-0.2, -0.15) is 0 Å². The third-order valence-electron chi connectivity index (χ3n) is 4.46. The van der Waals surface area contributed by atoms with Crippen LogP contribution >= 0.6 is 0 Å². The van der Waals surface area contributed by atoms with Crippen molar-refractivity contribution in [3.05, 3.63) is 83.2 Å². The number of anilines is 2. The van der Waals surface area contributed by atoms with Gasteiger partial charge in [-0.3, -0.25) is 4.79 Å². The first kappa shape index (κ1) is 17.0. The number of rotatable bonds is 3. The Hall–Kier alpha value is -3.48. The van der Waals surface area contributed by atoms with Gasteiger partial charge in [0.15, 0.2) is 11.6 Å². The molecule has 0 spiro atoms. The van der Waals surface area contributed by atoms with E-state index in [9.17, 15) is 18.0 Å². The number of nitrogens with one attached hydrogen (secondary N) is 2. The highest BCUT2D eigenvalue weighted by molar-refractivity contribution is 5.93. The molecule has 0 atom stereocenters. The van der Waals surface area contributed by atoms with E-state index in [4.69, 9.17) is 5.73 Å². The summed E-state index contributed by atoms with van der Waals surface area (Å²) < 4.78 is 41.2. The van der Waals surface area contributed by atoms with Crippen molar-refractivity contribution in [3.63, 3.8) is 0 Å². The number of carbonyl (C=O) groups is 1. The second-order valence-electron chi connectivity index (χ2n) is 6.21. The van der Waals surface area contributed by atoms with Crippen molar-refractivity contribution in [3.8, 4) is 11.1 Å². The van der Waals surface area contributed by atoms with Crippen molar-refractivity contribution in [2.75, 3.05) is 10.6 Å². The van der Waals surface area contributed by atoms with Gasteiger partial charge in [-0.15, -0.1) is 0 Å². The number of fused-ring (bicyclic) bond motifs is 1. The summed E-state index contributed by atoms with van der Waals surface area (Å²) >= 11 is 0. The molecule has 0 radical (unpaired) electrons. The van der Waals surface area contributed by atoms with Crippen LogP contribution in [0.1, 0.15) is 22.1 Å². The van der Waals surface area contributed by atoms with Crippen LogP contribution in [0.4, 0.5) is 24.5 Å². The predicted molar refractivity (Wildman–Crippen MR) is 96.7 cm³/mol. The van der Waals surface area contributed by atoms with E-state index in [2.05, 4.69) is 10.6 Å². The fourth-order valence-corrected chi connectivity index (χ4v) is 3.06. The van der Waals surface area contributed by atoms with Gasteiger partial charge in [-0.1, -0.05) is 18.2 Å². The van der Waals surface area contributed by atoms with Crippen LogP contribution in [0.3, 0.4) is 0 Å². The topological polar surface area (TPSA) is 67.2 Å². The molecule has 7 heteroatoms. The lowest BCUT2D eigenvalue weighted by Gasteiger charge is -2.15. The Labute approximate surface area is 152 Å². The van der Waals surface area contributed by atoms with Crippen LogP contribution in [0, 0.1) is 17.5 Å². The van der Waals surface area contributed by atoms with Crippen LogP contribution in [-0.4, -0.2) is 5.91 Å². The Morgan fingerprint density at radius 2 is 1.41 bits per heavy atom. The second-order valence-corrected chi connectivity index (χ2v) is 6.21. The minimum absolute atomic E-state index is 0.328. The van der Waals surface area contributed by atoms with Crippen LogP contribution in [-0.2, 0) is 0 Å². The molecule has 1 amide bonds. The fraction of sp³-hybridized carbons (Fsp3) is 0.0500. The van der Waals surface area contributed by atoms with Gasteiger partial charge in [0.1, 0.15) is 12.0 Å². The van der Waals surface area contributed by atoms with E-state index in [1.54, 1.807) is 24.3 Å². The lowest BCUT2D eigenvalue weighted by molar-refractivity contribution is 0.100. The summed E-state index contributed by atoms with van der Waals surface area (Å²) in [6, 6.07) is 13.0. The third kappa shape index (κ3) is 3.08. The highest BCUT2D eigenvalue weighted by Crippen LogP contribution is 2.37. The summed E-state index contributed by atoms with van der Waals surface area (Å²) in [5.74, 6) is -2.89. The molecule has 4 nitrogen and oxygen atoms in total.